The van der Waals surface area contributed by atoms with Crippen molar-refractivity contribution in [2.24, 2.45) is 5.92 Å². The molecule has 2 aliphatic heterocycles. The Hall–Kier alpha value is -0.120. The van der Waals surface area contributed by atoms with E-state index >= 15 is 0 Å². The van der Waals surface area contributed by atoms with Crippen LogP contribution in [0.1, 0.15) is 45.4 Å². The molecule has 3 fully saturated rings. The summed E-state index contributed by atoms with van der Waals surface area (Å²) in [6.07, 6.45) is 9.14. The molecule has 1 saturated carbocycles. The van der Waals surface area contributed by atoms with Crippen molar-refractivity contribution in [3.05, 3.63) is 0 Å². The molecular formula is C15H28N2O. The number of morpholine rings is 1. The first-order valence-electron chi connectivity index (χ1n) is 7.87. The van der Waals surface area contributed by atoms with Crippen LogP contribution in [-0.4, -0.2) is 49.3 Å². The van der Waals surface area contributed by atoms with E-state index < -0.39 is 0 Å². The average molecular weight is 252 g/mol. The number of hydrogen-bond donors (Lipinski definition) is 1. The van der Waals surface area contributed by atoms with Crippen LogP contribution in [0.3, 0.4) is 0 Å². The van der Waals surface area contributed by atoms with Gasteiger partial charge in [-0.25, -0.2) is 0 Å². The molecule has 2 heterocycles. The van der Waals surface area contributed by atoms with E-state index in [9.17, 15) is 0 Å². The van der Waals surface area contributed by atoms with Crippen LogP contribution in [0.2, 0.25) is 0 Å². The molecule has 104 valence electrons. The van der Waals surface area contributed by atoms with Gasteiger partial charge >= 0.3 is 0 Å². The second-order valence-corrected chi connectivity index (χ2v) is 6.46. The van der Waals surface area contributed by atoms with Crippen molar-refractivity contribution in [1.82, 2.24) is 10.2 Å². The monoisotopic (exact) mass is 252 g/mol. The zero-order valence-corrected chi connectivity index (χ0v) is 11.9. The number of likely N-dealkylation sites (N-methyl/N-ethyl adjacent to an activating group) is 1. The van der Waals surface area contributed by atoms with E-state index in [1.165, 1.54) is 51.6 Å². The maximum Gasteiger partial charge on any atom is 0.0707 e. The molecule has 3 rings (SSSR count). The van der Waals surface area contributed by atoms with Gasteiger partial charge in [0.15, 0.2) is 0 Å². The number of likely N-dealkylation sites (tertiary alicyclic amines) is 1. The van der Waals surface area contributed by atoms with Gasteiger partial charge in [0.25, 0.3) is 0 Å². The lowest BCUT2D eigenvalue weighted by Gasteiger charge is -2.45. The van der Waals surface area contributed by atoms with Crippen LogP contribution < -0.4 is 5.32 Å². The Balaban J connectivity index is 1.67. The predicted molar refractivity (Wildman–Crippen MR) is 73.7 cm³/mol. The van der Waals surface area contributed by atoms with E-state index in [1.54, 1.807) is 0 Å². The Bertz CT molecular complexity index is 272. The molecule has 0 spiro atoms. The molecule has 0 amide bonds. The lowest BCUT2D eigenvalue weighted by Crippen LogP contribution is -2.57. The Morgan fingerprint density at radius 1 is 1.11 bits per heavy atom. The number of rotatable bonds is 3. The second-order valence-electron chi connectivity index (χ2n) is 6.46. The largest absolute Gasteiger partial charge is 0.372 e. The summed E-state index contributed by atoms with van der Waals surface area (Å²) in [5.41, 5.74) is 0. The van der Waals surface area contributed by atoms with Crippen molar-refractivity contribution in [3.8, 4) is 0 Å². The number of ether oxygens (including phenoxy) is 1. The van der Waals surface area contributed by atoms with Gasteiger partial charge in [0.1, 0.15) is 0 Å². The summed E-state index contributed by atoms with van der Waals surface area (Å²) in [7, 11) is 2.14. The van der Waals surface area contributed by atoms with E-state index in [0.717, 1.165) is 12.0 Å². The average Bonchev–Trinajstić information content (AvgIpc) is 2.76. The smallest absolute Gasteiger partial charge is 0.0707 e. The van der Waals surface area contributed by atoms with E-state index in [1.807, 2.05) is 0 Å². The molecule has 2 bridgehead atoms. The molecule has 3 aliphatic rings. The third-order valence-electron chi connectivity index (χ3n) is 5.41. The highest BCUT2D eigenvalue weighted by molar-refractivity contribution is 4.95. The van der Waals surface area contributed by atoms with Crippen molar-refractivity contribution in [2.45, 2.75) is 69.7 Å². The highest BCUT2D eigenvalue weighted by Gasteiger charge is 2.40. The summed E-state index contributed by atoms with van der Waals surface area (Å²) in [5.74, 6) is 0.945. The van der Waals surface area contributed by atoms with Crippen LogP contribution in [0, 0.1) is 5.92 Å². The fraction of sp³-hybridized carbons (Fsp3) is 1.00. The van der Waals surface area contributed by atoms with Crippen molar-refractivity contribution in [3.63, 3.8) is 0 Å². The Morgan fingerprint density at radius 2 is 1.83 bits per heavy atom. The molecule has 3 heteroatoms. The second kappa shape index (κ2) is 5.48. The quantitative estimate of drug-likeness (QED) is 0.831. The molecule has 3 nitrogen and oxygen atoms in total. The van der Waals surface area contributed by atoms with Gasteiger partial charge in [-0.1, -0.05) is 13.3 Å². The van der Waals surface area contributed by atoms with Gasteiger partial charge in [-0.05, 0) is 45.1 Å². The van der Waals surface area contributed by atoms with Crippen LogP contribution >= 0.6 is 0 Å². The van der Waals surface area contributed by atoms with E-state index in [2.05, 4.69) is 24.2 Å². The third-order valence-corrected chi connectivity index (χ3v) is 5.41. The molecule has 5 atom stereocenters. The van der Waals surface area contributed by atoms with Gasteiger partial charge in [0.2, 0.25) is 0 Å². The van der Waals surface area contributed by atoms with Crippen LogP contribution in [0.5, 0.6) is 0 Å². The number of nitrogens with one attached hydrogen (secondary N) is 1. The van der Waals surface area contributed by atoms with Gasteiger partial charge in [-0.2, -0.15) is 0 Å². The maximum absolute atomic E-state index is 5.98. The molecule has 2 saturated heterocycles. The SMILES string of the molecule is CCC1CCC(NC)C(N2CC3CCC(C2)O3)C1. The van der Waals surface area contributed by atoms with Gasteiger partial charge in [-0.15, -0.1) is 0 Å². The summed E-state index contributed by atoms with van der Waals surface area (Å²) in [6, 6.07) is 1.45. The highest BCUT2D eigenvalue weighted by Crippen LogP contribution is 2.34. The summed E-state index contributed by atoms with van der Waals surface area (Å²) < 4.78 is 5.98. The maximum atomic E-state index is 5.98. The molecule has 1 N–H and O–H groups in total. The van der Waals surface area contributed by atoms with E-state index in [-0.39, 0.29) is 0 Å². The molecule has 5 unspecified atom stereocenters. The Labute approximate surface area is 111 Å². The fourth-order valence-corrected chi connectivity index (χ4v) is 4.26. The fourth-order valence-electron chi connectivity index (χ4n) is 4.26. The minimum Gasteiger partial charge on any atom is -0.372 e. The van der Waals surface area contributed by atoms with Crippen molar-refractivity contribution in [2.75, 3.05) is 20.1 Å². The minimum atomic E-state index is 0.531. The third kappa shape index (κ3) is 2.45. The molecule has 0 aromatic carbocycles. The van der Waals surface area contributed by atoms with Gasteiger partial charge < -0.3 is 10.1 Å². The van der Waals surface area contributed by atoms with Crippen molar-refractivity contribution in [1.29, 1.82) is 0 Å². The molecular weight excluding hydrogens is 224 g/mol. The topological polar surface area (TPSA) is 24.5 Å². The standard InChI is InChI=1S/C15H28N2O/c1-3-11-4-7-14(16-2)15(8-11)17-9-12-5-6-13(10-17)18-12/h11-16H,3-10H2,1-2H3. The van der Waals surface area contributed by atoms with Crippen molar-refractivity contribution >= 4 is 0 Å². The molecule has 18 heavy (non-hydrogen) atoms. The lowest BCUT2D eigenvalue weighted by molar-refractivity contribution is -0.0653. The van der Waals surface area contributed by atoms with Crippen LogP contribution in [-0.2, 0) is 4.74 Å². The lowest BCUT2D eigenvalue weighted by atomic mass is 9.80. The van der Waals surface area contributed by atoms with Gasteiger partial charge in [0.05, 0.1) is 12.2 Å². The Morgan fingerprint density at radius 3 is 2.44 bits per heavy atom. The normalized spacial score (nSPS) is 45.3. The van der Waals surface area contributed by atoms with Crippen LogP contribution in [0.4, 0.5) is 0 Å². The van der Waals surface area contributed by atoms with Gasteiger partial charge in [-0.3, -0.25) is 4.90 Å². The van der Waals surface area contributed by atoms with E-state index in [0.29, 0.717) is 18.2 Å². The summed E-state index contributed by atoms with van der Waals surface area (Å²) in [5, 5.41) is 3.56. The van der Waals surface area contributed by atoms with Gasteiger partial charge in [0, 0.05) is 25.2 Å². The van der Waals surface area contributed by atoms with Crippen LogP contribution in [0.25, 0.3) is 0 Å². The highest BCUT2D eigenvalue weighted by atomic mass is 16.5. The predicted octanol–water partition coefficient (Wildman–Crippen LogP) is 2.02. The number of nitrogens with zero attached hydrogens (tertiary/aromatic N) is 1. The summed E-state index contributed by atoms with van der Waals surface area (Å²) in [4.78, 5) is 2.74. The number of fused-ring (bicyclic) bond motifs is 2. The molecule has 0 radical (unpaired) electrons. The molecule has 0 aromatic rings. The zero-order valence-electron chi connectivity index (χ0n) is 11.9. The van der Waals surface area contributed by atoms with Crippen LogP contribution in [0.15, 0.2) is 0 Å². The molecule has 0 aromatic heterocycles. The van der Waals surface area contributed by atoms with Crippen molar-refractivity contribution < 1.29 is 4.74 Å². The first-order valence-corrected chi connectivity index (χ1v) is 7.87. The van der Waals surface area contributed by atoms with E-state index in [4.69, 9.17) is 4.74 Å². The summed E-state index contributed by atoms with van der Waals surface area (Å²) in [6.45, 7) is 4.70. The minimum absolute atomic E-state index is 0.531. The Kier molecular flexibility index (Phi) is 3.92. The molecule has 1 aliphatic carbocycles. The summed E-state index contributed by atoms with van der Waals surface area (Å²) >= 11 is 0. The zero-order chi connectivity index (χ0) is 12.5. The first kappa shape index (κ1) is 12.9. The number of hydrogen-bond acceptors (Lipinski definition) is 3. The first-order chi connectivity index (χ1) is 8.80.